The molecule has 114 valence electrons. The number of nitrogens with two attached hydrogens (primary N) is 1. The maximum Gasteiger partial charge on any atom is 0.131 e. The van der Waals surface area contributed by atoms with E-state index in [1.54, 1.807) is 7.11 Å². The van der Waals surface area contributed by atoms with E-state index < -0.39 is 0 Å². The maximum atomic E-state index is 6.35. The quantitative estimate of drug-likeness (QED) is 0.880. The molecule has 0 radical (unpaired) electrons. The fraction of sp³-hybridized carbons (Fsp3) is 0.471. The van der Waals surface area contributed by atoms with Crippen molar-refractivity contribution in [1.29, 1.82) is 0 Å². The highest BCUT2D eigenvalue weighted by molar-refractivity contribution is 5.71. The van der Waals surface area contributed by atoms with Crippen LogP contribution in [0.1, 0.15) is 33.0 Å². The van der Waals surface area contributed by atoms with Gasteiger partial charge in [-0.2, -0.15) is 0 Å². The Hall–Kier alpha value is -1.97. The summed E-state index contributed by atoms with van der Waals surface area (Å²) in [5, 5.41) is 0. The molecule has 21 heavy (non-hydrogen) atoms. The van der Waals surface area contributed by atoms with Gasteiger partial charge in [0, 0.05) is 18.5 Å². The molecule has 0 unspecified atom stereocenters. The average Bonchev–Trinajstić information content (AvgIpc) is 2.76. The lowest BCUT2D eigenvalue weighted by Gasteiger charge is -2.12. The van der Waals surface area contributed by atoms with Crippen LogP contribution in [0.3, 0.4) is 0 Å². The van der Waals surface area contributed by atoms with Gasteiger partial charge in [0.25, 0.3) is 0 Å². The smallest absolute Gasteiger partial charge is 0.131 e. The normalized spacial score (nSPS) is 11.1. The highest BCUT2D eigenvalue weighted by Crippen LogP contribution is 2.29. The molecular weight excluding hydrogens is 262 g/mol. The first kappa shape index (κ1) is 15.4. The molecule has 0 saturated carbocycles. The van der Waals surface area contributed by atoms with Gasteiger partial charge in [-0.3, -0.25) is 0 Å². The molecule has 2 N–H and O–H groups in total. The Labute approximate surface area is 127 Å². The van der Waals surface area contributed by atoms with Crippen LogP contribution in [0, 0.1) is 5.92 Å². The fourth-order valence-corrected chi connectivity index (χ4v) is 2.46. The van der Waals surface area contributed by atoms with Crippen LogP contribution in [-0.4, -0.2) is 16.7 Å². The predicted molar refractivity (Wildman–Crippen MR) is 87.5 cm³/mol. The number of aromatic nitrogens is 2. The molecule has 0 bridgehead atoms. The minimum Gasteiger partial charge on any atom is -0.497 e. The third-order valence-corrected chi connectivity index (χ3v) is 3.47. The SMILES string of the molecule is CCCc1nc(-c2ccc(OC)cc2)c(N)n1CC(C)C. The van der Waals surface area contributed by atoms with Gasteiger partial charge in [0.15, 0.2) is 0 Å². The van der Waals surface area contributed by atoms with Crippen molar-refractivity contribution in [2.45, 2.75) is 40.2 Å². The summed E-state index contributed by atoms with van der Waals surface area (Å²) in [5.74, 6) is 3.22. The Morgan fingerprint density at radius 3 is 2.43 bits per heavy atom. The summed E-state index contributed by atoms with van der Waals surface area (Å²) < 4.78 is 7.36. The Kier molecular flexibility index (Phi) is 4.89. The van der Waals surface area contributed by atoms with Crippen molar-refractivity contribution >= 4 is 5.82 Å². The van der Waals surface area contributed by atoms with Crippen molar-refractivity contribution in [3.63, 3.8) is 0 Å². The number of nitrogen functional groups attached to an aromatic ring is 1. The van der Waals surface area contributed by atoms with Gasteiger partial charge in [0.05, 0.1) is 7.11 Å². The third-order valence-electron chi connectivity index (χ3n) is 3.47. The van der Waals surface area contributed by atoms with E-state index in [4.69, 9.17) is 15.5 Å². The summed E-state index contributed by atoms with van der Waals surface area (Å²) in [6, 6.07) is 7.89. The number of methoxy groups -OCH3 is 1. The first-order valence-corrected chi connectivity index (χ1v) is 7.56. The van der Waals surface area contributed by atoms with Crippen LogP contribution in [0.15, 0.2) is 24.3 Å². The predicted octanol–water partition coefficient (Wildman–Crippen LogP) is 3.75. The van der Waals surface area contributed by atoms with Crippen LogP contribution in [0.2, 0.25) is 0 Å². The number of hydrogen-bond donors (Lipinski definition) is 1. The molecule has 4 nitrogen and oxygen atoms in total. The number of aryl methyl sites for hydroxylation is 1. The summed E-state index contributed by atoms with van der Waals surface area (Å²) in [4.78, 5) is 4.78. The van der Waals surface area contributed by atoms with E-state index in [-0.39, 0.29) is 0 Å². The molecular formula is C17H25N3O. The van der Waals surface area contributed by atoms with E-state index >= 15 is 0 Å². The summed E-state index contributed by atoms with van der Waals surface area (Å²) in [6.07, 6.45) is 2.02. The minimum atomic E-state index is 0.542. The third kappa shape index (κ3) is 3.38. The van der Waals surface area contributed by atoms with Gasteiger partial charge in [-0.1, -0.05) is 20.8 Å². The van der Waals surface area contributed by atoms with Crippen LogP contribution in [0.25, 0.3) is 11.3 Å². The summed E-state index contributed by atoms with van der Waals surface area (Å²) >= 11 is 0. The molecule has 0 atom stereocenters. The zero-order valence-electron chi connectivity index (χ0n) is 13.4. The number of anilines is 1. The first-order valence-electron chi connectivity index (χ1n) is 7.56. The van der Waals surface area contributed by atoms with Gasteiger partial charge in [-0.15, -0.1) is 0 Å². The number of rotatable bonds is 6. The highest BCUT2D eigenvalue weighted by Gasteiger charge is 2.16. The molecule has 0 aliphatic rings. The summed E-state index contributed by atoms with van der Waals surface area (Å²) in [5.41, 5.74) is 8.27. The van der Waals surface area contributed by atoms with Gasteiger partial charge in [0.1, 0.15) is 23.1 Å². The second-order valence-electron chi connectivity index (χ2n) is 5.74. The first-order chi connectivity index (χ1) is 10.1. The van der Waals surface area contributed by atoms with Crippen molar-refractivity contribution in [3.05, 3.63) is 30.1 Å². The number of benzene rings is 1. The van der Waals surface area contributed by atoms with Gasteiger partial charge >= 0.3 is 0 Å². The summed E-state index contributed by atoms with van der Waals surface area (Å²) in [6.45, 7) is 7.46. The number of imidazole rings is 1. The van der Waals surface area contributed by atoms with Crippen LogP contribution >= 0.6 is 0 Å². The zero-order chi connectivity index (χ0) is 15.4. The van der Waals surface area contributed by atoms with E-state index in [2.05, 4.69) is 25.3 Å². The zero-order valence-corrected chi connectivity index (χ0v) is 13.4. The monoisotopic (exact) mass is 287 g/mol. The molecule has 0 aliphatic carbocycles. The van der Waals surface area contributed by atoms with Crippen molar-refractivity contribution in [2.24, 2.45) is 5.92 Å². The van der Waals surface area contributed by atoms with Gasteiger partial charge in [-0.25, -0.2) is 4.98 Å². The minimum absolute atomic E-state index is 0.542. The van der Waals surface area contributed by atoms with E-state index in [9.17, 15) is 0 Å². The van der Waals surface area contributed by atoms with Gasteiger partial charge in [-0.05, 0) is 36.6 Å². The van der Waals surface area contributed by atoms with Crippen LogP contribution in [0.5, 0.6) is 5.75 Å². The Morgan fingerprint density at radius 1 is 1.24 bits per heavy atom. The standard InChI is InChI=1S/C17H25N3O/c1-5-6-15-19-16(17(18)20(15)11-12(2)3)13-7-9-14(21-4)10-8-13/h7-10,12H,5-6,11,18H2,1-4H3. The van der Waals surface area contributed by atoms with Crippen LogP contribution in [-0.2, 0) is 13.0 Å². The number of hydrogen-bond acceptors (Lipinski definition) is 3. The molecule has 1 aromatic carbocycles. The second-order valence-corrected chi connectivity index (χ2v) is 5.74. The Balaban J connectivity index is 2.42. The van der Waals surface area contributed by atoms with Gasteiger partial charge in [0.2, 0.25) is 0 Å². The lowest BCUT2D eigenvalue weighted by Crippen LogP contribution is -2.11. The molecule has 0 saturated heterocycles. The highest BCUT2D eigenvalue weighted by atomic mass is 16.5. The van der Waals surface area contributed by atoms with E-state index in [1.165, 1.54) is 0 Å². The molecule has 0 amide bonds. The molecule has 1 heterocycles. The molecule has 2 aromatic rings. The summed E-state index contributed by atoms with van der Waals surface area (Å²) in [7, 11) is 1.67. The van der Waals surface area contributed by atoms with E-state index in [0.717, 1.165) is 48.0 Å². The molecule has 2 rings (SSSR count). The number of ether oxygens (including phenoxy) is 1. The van der Waals surface area contributed by atoms with Crippen LogP contribution in [0.4, 0.5) is 5.82 Å². The fourth-order valence-electron chi connectivity index (χ4n) is 2.46. The Morgan fingerprint density at radius 2 is 1.90 bits per heavy atom. The molecule has 4 heteroatoms. The lowest BCUT2D eigenvalue weighted by atomic mass is 10.1. The topological polar surface area (TPSA) is 53.1 Å². The average molecular weight is 287 g/mol. The lowest BCUT2D eigenvalue weighted by molar-refractivity contribution is 0.415. The van der Waals surface area contributed by atoms with Crippen molar-refractivity contribution in [1.82, 2.24) is 9.55 Å². The number of nitrogens with zero attached hydrogens (tertiary/aromatic N) is 2. The molecule has 1 aromatic heterocycles. The van der Waals surface area contributed by atoms with Gasteiger partial charge < -0.3 is 15.0 Å². The second kappa shape index (κ2) is 6.66. The largest absolute Gasteiger partial charge is 0.497 e. The van der Waals surface area contributed by atoms with E-state index in [1.807, 2.05) is 24.3 Å². The van der Waals surface area contributed by atoms with Crippen LogP contribution < -0.4 is 10.5 Å². The molecule has 0 spiro atoms. The molecule has 0 fully saturated rings. The van der Waals surface area contributed by atoms with Crippen molar-refractivity contribution < 1.29 is 4.74 Å². The maximum absolute atomic E-state index is 6.35. The van der Waals surface area contributed by atoms with E-state index in [0.29, 0.717) is 5.92 Å². The molecule has 0 aliphatic heterocycles. The van der Waals surface area contributed by atoms with Crippen molar-refractivity contribution in [3.8, 4) is 17.0 Å². The Bertz CT molecular complexity index is 585. The van der Waals surface area contributed by atoms with Crippen molar-refractivity contribution in [2.75, 3.05) is 12.8 Å².